The summed E-state index contributed by atoms with van der Waals surface area (Å²) in [7, 11) is 0. The third-order valence-corrected chi connectivity index (χ3v) is 4.83. The molecule has 1 aromatic rings. The molecule has 1 aliphatic carbocycles. The standard InChI is InChI=1S/C18H28N4O3/c1-12(2)16-21-17(25-22-16)15(13-8-10-24-11-9-13)20-18(23)19-14-6-4-3-5-7-14/h4,6,12-15H,3,5,7-11H2,1-2H3,(H2,19,20,23)/t14-,15-/m0/s1. The second-order valence-corrected chi connectivity index (χ2v) is 7.16. The second-order valence-electron chi connectivity index (χ2n) is 7.16. The molecule has 1 saturated heterocycles. The van der Waals surface area contributed by atoms with Gasteiger partial charge in [0.15, 0.2) is 5.82 Å². The van der Waals surface area contributed by atoms with Gasteiger partial charge in [-0.2, -0.15) is 4.98 Å². The highest BCUT2D eigenvalue weighted by molar-refractivity contribution is 5.75. The van der Waals surface area contributed by atoms with Gasteiger partial charge in [-0.15, -0.1) is 0 Å². The minimum Gasteiger partial charge on any atom is -0.381 e. The van der Waals surface area contributed by atoms with Crippen LogP contribution < -0.4 is 10.6 Å². The average molecular weight is 348 g/mol. The van der Waals surface area contributed by atoms with Gasteiger partial charge in [0.1, 0.15) is 6.04 Å². The molecule has 3 rings (SSSR count). The molecule has 0 unspecified atom stereocenters. The second kappa shape index (κ2) is 8.47. The molecule has 0 saturated carbocycles. The van der Waals surface area contributed by atoms with E-state index in [4.69, 9.17) is 9.26 Å². The van der Waals surface area contributed by atoms with Crippen LogP contribution in [0, 0.1) is 5.92 Å². The zero-order chi connectivity index (χ0) is 17.6. The van der Waals surface area contributed by atoms with Crippen LogP contribution in [0.1, 0.15) is 69.6 Å². The van der Waals surface area contributed by atoms with E-state index in [-0.39, 0.29) is 30.0 Å². The number of rotatable bonds is 5. The minimum absolute atomic E-state index is 0.0954. The molecule has 2 amide bonds. The van der Waals surface area contributed by atoms with E-state index in [1.54, 1.807) is 0 Å². The highest BCUT2D eigenvalue weighted by Gasteiger charge is 2.32. The Morgan fingerprint density at radius 3 is 2.72 bits per heavy atom. The number of carbonyl (C=O) groups excluding carboxylic acids is 1. The summed E-state index contributed by atoms with van der Waals surface area (Å²) in [4.78, 5) is 17.0. The van der Waals surface area contributed by atoms with Gasteiger partial charge >= 0.3 is 6.03 Å². The van der Waals surface area contributed by atoms with Gasteiger partial charge in [0.05, 0.1) is 0 Å². The molecule has 1 aromatic heterocycles. The maximum absolute atomic E-state index is 12.5. The lowest BCUT2D eigenvalue weighted by atomic mass is 9.91. The summed E-state index contributed by atoms with van der Waals surface area (Å²) in [5, 5.41) is 10.2. The van der Waals surface area contributed by atoms with Gasteiger partial charge in [0.25, 0.3) is 0 Å². The van der Waals surface area contributed by atoms with Gasteiger partial charge in [-0.05, 0) is 38.0 Å². The Morgan fingerprint density at radius 1 is 1.28 bits per heavy atom. The lowest BCUT2D eigenvalue weighted by molar-refractivity contribution is 0.0503. The third-order valence-electron chi connectivity index (χ3n) is 4.83. The number of allylic oxidation sites excluding steroid dienone is 1. The Bertz CT molecular complexity index is 593. The van der Waals surface area contributed by atoms with Crippen LogP contribution in [-0.4, -0.2) is 35.4 Å². The molecule has 1 fully saturated rings. The van der Waals surface area contributed by atoms with Crippen molar-refractivity contribution in [2.45, 2.75) is 64.0 Å². The molecule has 25 heavy (non-hydrogen) atoms. The van der Waals surface area contributed by atoms with Gasteiger partial charge in [-0.25, -0.2) is 4.79 Å². The molecule has 0 spiro atoms. The van der Waals surface area contributed by atoms with Crippen molar-refractivity contribution >= 4 is 6.03 Å². The van der Waals surface area contributed by atoms with Crippen LogP contribution in [0.2, 0.25) is 0 Å². The quantitative estimate of drug-likeness (QED) is 0.798. The molecular formula is C18H28N4O3. The average Bonchev–Trinajstić information content (AvgIpc) is 3.11. The summed E-state index contributed by atoms with van der Waals surface area (Å²) >= 11 is 0. The fourth-order valence-electron chi connectivity index (χ4n) is 3.32. The maximum Gasteiger partial charge on any atom is 0.315 e. The molecule has 2 aliphatic rings. The summed E-state index contributed by atoms with van der Waals surface area (Å²) < 4.78 is 10.9. The van der Waals surface area contributed by atoms with Crippen LogP contribution in [0.4, 0.5) is 4.79 Å². The van der Waals surface area contributed by atoms with Crippen LogP contribution in [0.5, 0.6) is 0 Å². The summed E-state index contributed by atoms with van der Waals surface area (Å²) in [6.07, 6.45) is 9.09. The number of aromatic nitrogens is 2. The molecule has 7 heteroatoms. The van der Waals surface area contributed by atoms with E-state index in [1.807, 2.05) is 13.8 Å². The van der Waals surface area contributed by atoms with Gasteiger partial charge in [0.2, 0.25) is 5.89 Å². The first kappa shape index (κ1) is 17.9. The fraction of sp³-hybridized carbons (Fsp3) is 0.722. The number of urea groups is 1. The number of hydrogen-bond acceptors (Lipinski definition) is 5. The molecule has 0 aromatic carbocycles. The van der Waals surface area contributed by atoms with E-state index in [0.717, 1.165) is 32.1 Å². The normalized spacial score (nSPS) is 22.8. The first-order valence-corrected chi connectivity index (χ1v) is 9.28. The number of nitrogens with zero attached hydrogens (tertiary/aromatic N) is 2. The highest BCUT2D eigenvalue weighted by Crippen LogP contribution is 2.30. The van der Waals surface area contributed by atoms with E-state index in [1.165, 1.54) is 0 Å². The monoisotopic (exact) mass is 348 g/mol. The lowest BCUT2D eigenvalue weighted by Crippen LogP contribution is -2.45. The lowest BCUT2D eigenvalue weighted by Gasteiger charge is -2.29. The summed E-state index contributed by atoms with van der Waals surface area (Å²) in [5.41, 5.74) is 0. The molecule has 2 atom stereocenters. The van der Waals surface area contributed by atoms with E-state index in [0.29, 0.717) is 24.9 Å². The molecule has 1 aliphatic heterocycles. The highest BCUT2D eigenvalue weighted by atomic mass is 16.5. The van der Waals surface area contributed by atoms with Crippen LogP contribution >= 0.6 is 0 Å². The molecular weight excluding hydrogens is 320 g/mol. The number of amides is 2. The molecule has 7 nitrogen and oxygen atoms in total. The van der Waals surface area contributed by atoms with Gasteiger partial charge < -0.3 is 19.9 Å². The van der Waals surface area contributed by atoms with Gasteiger partial charge in [-0.3, -0.25) is 0 Å². The van der Waals surface area contributed by atoms with E-state index in [9.17, 15) is 4.79 Å². The minimum atomic E-state index is -0.281. The predicted molar refractivity (Wildman–Crippen MR) is 93.1 cm³/mol. The van der Waals surface area contributed by atoms with Crippen molar-refractivity contribution in [1.29, 1.82) is 0 Å². The van der Waals surface area contributed by atoms with Crippen molar-refractivity contribution in [3.8, 4) is 0 Å². The SMILES string of the molecule is CC(C)c1noc([C@@H](NC(=O)N[C@H]2C=CCCC2)C2CCOCC2)n1. The molecule has 0 radical (unpaired) electrons. The number of carbonyl (C=O) groups is 1. The van der Waals surface area contributed by atoms with Crippen molar-refractivity contribution in [2.75, 3.05) is 13.2 Å². The number of ether oxygens (including phenoxy) is 1. The van der Waals surface area contributed by atoms with Crippen LogP contribution in [0.3, 0.4) is 0 Å². The Kier molecular flexibility index (Phi) is 6.07. The summed E-state index contributed by atoms with van der Waals surface area (Å²) in [5.74, 6) is 1.59. The zero-order valence-electron chi connectivity index (χ0n) is 15.0. The molecule has 0 bridgehead atoms. The zero-order valence-corrected chi connectivity index (χ0v) is 15.0. The fourth-order valence-corrected chi connectivity index (χ4v) is 3.32. The van der Waals surface area contributed by atoms with Crippen LogP contribution in [0.25, 0.3) is 0 Å². The summed E-state index contributed by atoms with van der Waals surface area (Å²) in [6.45, 7) is 5.43. The Balaban J connectivity index is 1.69. The van der Waals surface area contributed by atoms with Crippen molar-refractivity contribution in [2.24, 2.45) is 5.92 Å². The molecule has 138 valence electrons. The largest absolute Gasteiger partial charge is 0.381 e. The Hall–Kier alpha value is -1.89. The van der Waals surface area contributed by atoms with E-state index in [2.05, 4.69) is 32.9 Å². The third kappa shape index (κ3) is 4.81. The number of nitrogens with one attached hydrogen (secondary N) is 2. The first-order valence-electron chi connectivity index (χ1n) is 9.28. The number of hydrogen-bond donors (Lipinski definition) is 2. The topological polar surface area (TPSA) is 89.3 Å². The van der Waals surface area contributed by atoms with Gasteiger partial charge in [0, 0.05) is 25.2 Å². The van der Waals surface area contributed by atoms with Crippen LogP contribution in [0.15, 0.2) is 16.7 Å². The van der Waals surface area contributed by atoms with E-state index < -0.39 is 0 Å². The predicted octanol–water partition coefficient (Wildman–Crippen LogP) is 3.07. The van der Waals surface area contributed by atoms with Crippen molar-refractivity contribution in [3.63, 3.8) is 0 Å². The van der Waals surface area contributed by atoms with Gasteiger partial charge in [-0.1, -0.05) is 31.2 Å². The Labute approximate surface area is 148 Å². The summed E-state index contributed by atoms with van der Waals surface area (Å²) in [6, 6.07) is -0.369. The molecule has 2 N–H and O–H groups in total. The van der Waals surface area contributed by atoms with Crippen molar-refractivity contribution in [1.82, 2.24) is 20.8 Å². The molecule has 2 heterocycles. The van der Waals surface area contributed by atoms with Crippen molar-refractivity contribution < 1.29 is 14.1 Å². The van der Waals surface area contributed by atoms with Crippen LogP contribution in [-0.2, 0) is 4.74 Å². The Morgan fingerprint density at radius 2 is 2.08 bits per heavy atom. The maximum atomic E-state index is 12.5. The van der Waals surface area contributed by atoms with Crippen molar-refractivity contribution in [3.05, 3.63) is 23.9 Å². The smallest absolute Gasteiger partial charge is 0.315 e. The first-order chi connectivity index (χ1) is 12.1. The van der Waals surface area contributed by atoms with E-state index >= 15 is 0 Å².